The summed E-state index contributed by atoms with van der Waals surface area (Å²) in [5, 5.41) is 6.84. The molecule has 0 saturated carbocycles. The van der Waals surface area contributed by atoms with Crippen LogP contribution in [0, 0.1) is 0 Å². The average Bonchev–Trinajstić information content (AvgIpc) is 2.96. The molecule has 1 amide bonds. The molecule has 0 bridgehead atoms. The van der Waals surface area contributed by atoms with E-state index in [2.05, 4.69) is 10.2 Å². The smallest absolute Gasteiger partial charge is 0.294 e. The van der Waals surface area contributed by atoms with Gasteiger partial charge in [0.2, 0.25) is 0 Å². The largest absolute Gasteiger partial charge is 0.459 e. The van der Waals surface area contributed by atoms with Gasteiger partial charge in [0.1, 0.15) is 0 Å². The number of alkyl halides is 2. The Morgan fingerprint density at radius 2 is 1.96 bits per heavy atom. The Bertz CT molecular complexity index is 664. The van der Waals surface area contributed by atoms with Crippen molar-refractivity contribution in [1.82, 2.24) is 10.2 Å². The van der Waals surface area contributed by atoms with Crippen LogP contribution in [0.4, 0.5) is 14.5 Å². The fraction of sp³-hybridized carbons (Fsp3) is 0.357. The Morgan fingerprint density at radius 3 is 2.48 bits per heavy atom. The number of hydrogen-bond donors (Lipinski definition) is 0. The van der Waals surface area contributed by atoms with Crippen molar-refractivity contribution < 1.29 is 18.3 Å². The number of rotatable bonds is 6. The summed E-state index contributed by atoms with van der Waals surface area (Å²) in [4.78, 5) is 13.9. The summed E-state index contributed by atoms with van der Waals surface area (Å²) >= 11 is 6.46. The normalized spacial score (nSPS) is 11.1. The van der Waals surface area contributed by atoms with Gasteiger partial charge in [-0.05, 0) is 38.1 Å². The SMILES string of the molecule is CC(C)N(C(=O)COc1nnc(C(F)F)s1)c1ccc(Cl)cc1. The first-order valence-electron chi connectivity index (χ1n) is 6.70. The molecule has 0 fully saturated rings. The van der Waals surface area contributed by atoms with Crippen molar-refractivity contribution in [3.8, 4) is 5.19 Å². The Labute approximate surface area is 140 Å². The van der Waals surface area contributed by atoms with Gasteiger partial charge in [-0.3, -0.25) is 4.79 Å². The van der Waals surface area contributed by atoms with Crippen LogP contribution in [-0.4, -0.2) is 28.8 Å². The van der Waals surface area contributed by atoms with Crippen molar-refractivity contribution in [2.24, 2.45) is 0 Å². The van der Waals surface area contributed by atoms with Crippen LogP contribution in [0.1, 0.15) is 25.3 Å². The minimum Gasteiger partial charge on any atom is -0.459 e. The highest BCUT2D eigenvalue weighted by Crippen LogP contribution is 2.27. The Morgan fingerprint density at radius 1 is 1.30 bits per heavy atom. The number of halogens is 3. The highest BCUT2D eigenvalue weighted by molar-refractivity contribution is 7.13. The molecule has 9 heteroatoms. The number of amides is 1. The maximum absolute atomic E-state index is 12.4. The van der Waals surface area contributed by atoms with Gasteiger partial charge in [-0.25, -0.2) is 8.78 Å². The molecule has 0 saturated heterocycles. The fourth-order valence-corrected chi connectivity index (χ4v) is 2.57. The zero-order chi connectivity index (χ0) is 17.0. The number of nitrogens with zero attached hydrogens (tertiary/aromatic N) is 3. The molecule has 0 aliphatic rings. The van der Waals surface area contributed by atoms with Crippen molar-refractivity contribution in [3.05, 3.63) is 34.3 Å². The molecule has 2 rings (SSSR count). The summed E-state index contributed by atoms with van der Waals surface area (Å²) in [6, 6.07) is 6.69. The van der Waals surface area contributed by atoms with E-state index in [1.165, 1.54) is 4.90 Å². The molecule has 0 spiro atoms. The van der Waals surface area contributed by atoms with Gasteiger partial charge < -0.3 is 9.64 Å². The lowest BCUT2D eigenvalue weighted by Crippen LogP contribution is -2.40. The molecule has 23 heavy (non-hydrogen) atoms. The molecular weight excluding hydrogens is 348 g/mol. The summed E-state index contributed by atoms with van der Waals surface area (Å²) in [6.45, 7) is 3.39. The minimum absolute atomic E-state index is 0.0616. The molecule has 0 atom stereocenters. The number of benzene rings is 1. The Balaban J connectivity index is 2.04. The van der Waals surface area contributed by atoms with Gasteiger partial charge in [0.15, 0.2) is 11.6 Å². The second kappa shape index (κ2) is 7.65. The van der Waals surface area contributed by atoms with E-state index in [4.69, 9.17) is 16.3 Å². The molecule has 0 aliphatic heterocycles. The van der Waals surface area contributed by atoms with Gasteiger partial charge in [-0.15, -0.1) is 5.10 Å². The number of carbonyl (C=O) groups is 1. The highest BCUT2D eigenvalue weighted by Gasteiger charge is 2.21. The Hall–Kier alpha value is -1.80. The van der Waals surface area contributed by atoms with Crippen LogP contribution in [0.3, 0.4) is 0 Å². The molecule has 2 aromatic rings. The second-order valence-electron chi connectivity index (χ2n) is 4.83. The van der Waals surface area contributed by atoms with E-state index in [-0.39, 0.29) is 23.7 Å². The highest BCUT2D eigenvalue weighted by atomic mass is 35.5. The predicted octanol–water partition coefficient (Wildman–Crippen LogP) is 3.95. The molecule has 1 heterocycles. The lowest BCUT2D eigenvalue weighted by Gasteiger charge is -2.26. The van der Waals surface area contributed by atoms with E-state index in [9.17, 15) is 13.6 Å². The minimum atomic E-state index is -2.71. The maximum Gasteiger partial charge on any atom is 0.294 e. The first-order chi connectivity index (χ1) is 10.9. The van der Waals surface area contributed by atoms with Crippen molar-refractivity contribution >= 4 is 34.5 Å². The summed E-state index contributed by atoms with van der Waals surface area (Å²) in [6.07, 6.45) is -2.71. The standard InChI is InChI=1S/C14H14ClF2N3O2S/c1-8(2)20(10-5-3-9(15)4-6-10)11(21)7-22-14-19-18-13(23-14)12(16)17/h3-6,8,12H,7H2,1-2H3. The summed E-state index contributed by atoms with van der Waals surface area (Å²) in [5.74, 6) is -0.323. The van der Waals surface area contributed by atoms with Gasteiger partial charge in [-0.2, -0.15) is 0 Å². The van der Waals surface area contributed by atoms with Crippen molar-refractivity contribution in [2.75, 3.05) is 11.5 Å². The predicted molar refractivity (Wildman–Crippen MR) is 84.4 cm³/mol. The first-order valence-corrected chi connectivity index (χ1v) is 7.90. The lowest BCUT2D eigenvalue weighted by molar-refractivity contribution is -0.120. The molecule has 124 valence electrons. The molecule has 0 aliphatic carbocycles. The number of aromatic nitrogens is 2. The molecule has 5 nitrogen and oxygen atoms in total. The van der Waals surface area contributed by atoms with Crippen LogP contribution in [0.5, 0.6) is 5.19 Å². The number of ether oxygens (including phenoxy) is 1. The van der Waals surface area contributed by atoms with E-state index >= 15 is 0 Å². The van der Waals surface area contributed by atoms with E-state index in [0.717, 1.165) is 0 Å². The molecule has 0 N–H and O–H groups in total. The quantitative estimate of drug-likeness (QED) is 0.781. The molecule has 1 aromatic carbocycles. The maximum atomic E-state index is 12.4. The van der Waals surface area contributed by atoms with Crippen LogP contribution in [0.15, 0.2) is 24.3 Å². The van der Waals surface area contributed by atoms with Gasteiger partial charge in [0, 0.05) is 16.8 Å². The van der Waals surface area contributed by atoms with Crippen LogP contribution < -0.4 is 9.64 Å². The van der Waals surface area contributed by atoms with E-state index < -0.39 is 11.4 Å². The Kier molecular flexibility index (Phi) is 5.84. The average molecular weight is 362 g/mol. The van der Waals surface area contributed by atoms with Gasteiger partial charge >= 0.3 is 0 Å². The third-order valence-electron chi connectivity index (χ3n) is 2.82. The first kappa shape index (κ1) is 17.6. The summed E-state index contributed by atoms with van der Waals surface area (Å²) in [5.41, 5.74) is 0.670. The van der Waals surface area contributed by atoms with Crippen LogP contribution >= 0.6 is 22.9 Å². The zero-order valence-electron chi connectivity index (χ0n) is 12.4. The monoisotopic (exact) mass is 361 g/mol. The van der Waals surface area contributed by atoms with Gasteiger partial charge in [0.05, 0.1) is 0 Å². The van der Waals surface area contributed by atoms with E-state index in [0.29, 0.717) is 22.0 Å². The molecule has 0 unspecified atom stereocenters. The number of carbonyl (C=O) groups excluding carboxylic acids is 1. The van der Waals surface area contributed by atoms with Crippen molar-refractivity contribution in [2.45, 2.75) is 26.3 Å². The summed E-state index contributed by atoms with van der Waals surface area (Å²) < 4.78 is 30.0. The topological polar surface area (TPSA) is 55.3 Å². The molecule has 1 aromatic heterocycles. The fourth-order valence-electron chi connectivity index (χ4n) is 1.89. The van der Waals surface area contributed by atoms with Gasteiger partial charge in [-0.1, -0.05) is 28.0 Å². The van der Waals surface area contributed by atoms with Gasteiger partial charge in [0.25, 0.3) is 17.5 Å². The van der Waals surface area contributed by atoms with E-state index in [1.54, 1.807) is 24.3 Å². The number of hydrogen-bond acceptors (Lipinski definition) is 5. The molecular formula is C14H14ClF2N3O2S. The summed E-state index contributed by atoms with van der Waals surface area (Å²) in [7, 11) is 0. The van der Waals surface area contributed by atoms with Crippen molar-refractivity contribution in [1.29, 1.82) is 0 Å². The lowest BCUT2D eigenvalue weighted by atomic mass is 10.2. The van der Waals surface area contributed by atoms with E-state index in [1.807, 2.05) is 13.8 Å². The van der Waals surface area contributed by atoms with Crippen molar-refractivity contribution in [3.63, 3.8) is 0 Å². The van der Waals surface area contributed by atoms with Crippen LogP contribution in [-0.2, 0) is 4.79 Å². The number of anilines is 1. The third-order valence-corrected chi connectivity index (χ3v) is 3.91. The third kappa shape index (κ3) is 4.59. The van der Waals surface area contributed by atoms with Crippen LogP contribution in [0.2, 0.25) is 5.02 Å². The zero-order valence-corrected chi connectivity index (χ0v) is 13.9. The molecule has 0 radical (unpaired) electrons. The second-order valence-corrected chi connectivity index (χ2v) is 6.24. The van der Waals surface area contributed by atoms with Crippen LogP contribution in [0.25, 0.3) is 0 Å².